The first kappa shape index (κ1) is 35.2. The zero-order valence-electron chi connectivity index (χ0n) is 33.3. The molecule has 2 heterocycles. The number of hydrogen-bond acceptors (Lipinski definition) is 4. The summed E-state index contributed by atoms with van der Waals surface area (Å²) >= 11 is 0. The average molecular weight is 783 g/mol. The molecular formula is C56H39BN2O2. The van der Waals surface area contributed by atoms with Crippen LogP contribution in [0.2, 0.25) is 0 Å². The Morgan fingerprint density at radius 3 is 1.59 bits per heavy atom. The molecule has 12 rings (SSSR count). The molecule has 2 aliphatic carbocycles. The van der Waals surface area contributed by atoms with Crippen molar-refractivity contribution in [3.05, 3.63) is 241 Å². The fraction of sp³-hybridized carbons (Fsp3) is 0.0357. The van der Waals surface area contributed by atoms with Gasteiger partial charge in [0.2, 0.25) is 0 Å². The van der Waals surface area contributed by atoms with E-state index in [0.29, 0.717) is 0 Å². The maximum Gasteiger partial charge on any atom is 0.257 e. The van der Waals surface area contributed by atoms with Gasteiger partial charge in [-0.1, -0.05) is 152 Å². The van der Waals surface area contributed by atoms with Crippen LogP contribution < -0.4 is 30.2 Å². The summed E-state index contributed by atoms with van der Waals surface area (Å²) < 4.78 is 14.1. The summed E-state index contributed by atoms with van der Waals surface area (Å²) in [6.45, 7) is -0.101. The third-order valence-corrected chi connectivity index (χ3v) is 12.6. The Morgan fingerprint density at radius 2 is 0.934 bits per heavy atom. The first-order valence-corrected chi connectivity index (χ1v) is 21.0. The predicted octanol–water partition coefficient (Wildman–Crippen LogP) is 13.0. The second-order valence-electron chi connectivity index (χ2n) is 16.0. The lowest BCUT2D eigenvalue weighted by Gasteiger charge is -2.44. The maximum absolute atomic E-state index is 7.10. The number of fused-ring (bicyclic) bond motifs is 7. The smallest absolute Gasteiger partial charge is 0.257 e. The first-order valence-electron chi connectivity index (χ1n) is 21.0. The molecule has 8 aromatic rings. The van der Waals surface area contributed by atoms with E-state index >= 15 is 0 Å². The molecule has 0 spiro atoms. The van der Waals surface area contributed by atoms with Crippen LogP contribution in [0.15, 0.2) is 241 Å². The van der Waals surface area contributed by atoms with Crippen molar-refractivity contribution < 1.29 is 9.47 Å². The van der Waals surface area contributed by atoms with Crippen LogP contribution in [-0.2, 0) is 0 Å². The van der Waals surface area contributed by atoms with E-state index in [4.69, 9.17) is 9.47 Å². The van der Waals surface area contributed by atoms with Crippen LogP contribution in [0.4, 0.5) is 28.4 Å². The molecule has 8 aromatic carbocycles. The van der Waals surface area contributed by atoms with Crippen LogP contribution in [0.25, 0.3) is 21.9 Å². The molecule has 0 fully saturated rings. The van der Waals surface area contributed by atoms with Crippen molar-refractivity contribution in [1.29, 1.82) is 0 Å². The van der Waals surface area contributed by atoms with Crippen LogP contribution in [0.3, 0.4) is 0 Å². The molecule has 2 aliphatic heterocycles. The topological polar surface area (TPSA) is 24.9 Å². The zero-order valence-corrected chi connectivity index (χ0v) is 33.3. The van der Waals surface area contributed by atoms with Crippen molar-refractivity contribution >= 4 is 56.8 Å². The molecule has 61 heavy (non-hydrogen) atoms. The van der Waals surface area contributed by atoms with Crippen LogP contribution >= 0.6 is 0 Å². The Balaban J connectivity index is 1.07. The van der Waals surface area contributed by atoms with E-state index < -0.39 is 0 Å². The highest BCUT2D eigenvalue weighted by atomic mass is 16.5. The highest BCUT2D eigenvalue weighted by Crippen LogP contribution is 2.50. The van der Waals surface area contributed by atoms with Crippen LogP contribution in [0.5, 0.6) is 17.2 Å². The zero-order chi connectivity index (χ0) is 40.3. The van der Waals surface area contributed by atoms with Crippen molar-refractivity contribution in [2.24, 2.45) is 11.8 Å². The van der Waals surface area contributed by atoms with Gasteiger partial charge in [-0.3, -0.25) is 0 Å². The van der Waals surface area contributed by atoms with Gasteiger partial charge in [0.05, 0.1) is 5.69 Å². The molecule has 0 saturated carbocycles. The molecule has 288 valence electrons. The quantitative estimate of drug-likeness (QED) is 0.150. The minimum atomic E-state index is -0.101. The van der Waals surface area contributed by atoms with E-state index in [2.05, 4.69) is 228 Å². The highest BCUT2D eigenvalue weighted by Gasteiger charge is 2.48. The second kappa shape index (κ2) is 14.5. The molecule has 2 unspecified atom stereocenters. The lowest BCUT2D eigenvalue weighted by Crippen LogP contribution is -2.54. The van der Waals surface area contributed by atoms with E-state index in [1.54, 1.807) is 0 Å². The highest BCUT2D eigenvalue weighted by molar-refractivity contribution is 6.95. The Bertz CT molecular complexity index is 3050. The van der Waals surface area contributed by atoms with Crippen molar-refractivity contribution in [3.8, 4) is 28.4 Å². The number of para-hydroxylation sites is 3. The van der Waals surface area contributed by atoms with Gasteiger partial charge in [0.1, 0.15) is 23.0 Å². The minimum Gasteiger partial charge on any atom is -0.459 e. The van der Waals surface area contributed by atoms with Gasteiger partial charge < -0.3 is 19.3 Å². The normalized spacial score (nSPS) is 16.7. The second-order valence-corrected chi connectivity index (χ2v) is 16.0. The number of anilines is 5. The van der Waals surface area contributed by atoms with Gasteiger partial charge in [0.15, 0.2) is 0 Å². The van der Waals surface area contributed by atoms with E-state index in [-0.39, 0.29) is 18.5 Å². The van der Waals surface area contributed by atoms with Crippen LogP contribution in [0, 0.1) is 11.8 Å². The van der Waals surface area contributed by atoms with Gasteiger partial charge >= 0.3 is 0 Å². The summed E-state index contributed by atoms with van der Waals surface area (Å²) in [5.74, 6) is 3.48. The summed E-state index contributed by atoms with van der Waals surface area (Å²) in [5, 5.41) is 2.32. The molecule has 4 aliphatic rings. The Labute approximate surface area is 356 Å². The van der Waals surface area contributed by atoms with E-state index in [1.807, 2.05) is 6.07 Å². The minimum absolute atomic E-state index is 0.0236. The van der Waals surface area contributed by atoms with Crippen molar-refractivity contribution in [3.63, 3.8) is 0 Å². The predicted molar refractivity (Wildman–Crippen MR) is 252 cm³/mol. The molecule has 0 saturated heterocycles. The monoisotopic (exact) mass is 782 g/mol. The largest absolute Gasteiger partial charge is 0.459 e. The maximum atomic E-state index is 7.10. The number of rotatable bonds is 7. The van der Waals surface area contributed by atoms with Gasteiger partial charge in [-0.05, 0) is 88.1 Å². The number of nitrogens with zero attached hydrogens (tertiary/aromatic N) is 2. The van der Waals surface area contributed by atoms with E-state index in [1.165, 1.54) is 22.1 Å². The van der Waals surface area contributed by atoms with Gasteiger partial charge in [-0.25, -0.2) is 0 Å². The molecule has 0 N–H and O–H groups in total. The van der Waals surface area contributed by atoms with E-state index in [0.717, 1.165) is 73.4 Å². The summed E-state index contributed by atoms with van der Waals surface area (Å²) in [6, 6.07) is 68.8. The van der Waals surface area contributed by atoms with Crippen molar-refractivity contribution in [2.75, 3.05) is 9.80 Å². The Morgan fingerprint density at radius 1 is 0.410 bits per heavy atom. The number of ether oxygens (including phenoxy) is 2. The molecular weight excluding hydrogens is 743 g/mol. The lowest BCUT2D eigenvalue weighted by molar-refractivity contribution is 0.411. The lowest BCUT2D eigenvalue weighted by atomic mass is 9.31. The number of hydrogen-bond donors (Lipinski definition) is 0. The SMILES string of the molecule is C1=CC2C(N(c3ccccc3)c3ccc(-c4ccccc4)cc3)=CC3=C(B4c5c(cccc5Oc5cc(N(c6ccccc6)c6ccccc6)c6ccccc6c54)O3)C2C=C1. The molecule has 5 heteroatoms. The number of allylic oxidation sites excluding steroid dienone is 6. The molecule has 0 radical (unpaired) electrons. The molecule has 0 aromatic heterocycles. The van der Waals surface area contributed by atoms with Gasteiger partial charge in [-0.15, -0.1) is 0 Å². The average Bonchev–Trinajstić information content (AvgIpc) is 3.33. The summed E-state index contributed by atoms with van der Waals surface area (Å²) in [4.78, 5) is 4.76. The van der Waals surface area contributed by atoms with Crippen LogP contribution in [0.1, 0.15) is 0 Å². The third-order valence-electron chi connectivity index (χ3n) is 12.6. The number of benzene rings is 8. The Hall–Kier alpha value is -7.76. The van der Waals surface area contributed by atoms with Crippen molar-refractivity contribution in [1.82, 2.24) is 0 Å². The molecule has 0 amide bonds. The fourth-order valence-corrected chi connectivity index (χ4v) is 9.94. The standard InChI is InChI=1S/C56H39BN2O2/c1-5-18-38(19-6-1)39-32-34-43(35-33-39)59(42-24-11-4-12-25-42)49-37-53-55(47-29-16-14-27-45(47)49)57-54-46-28-15-13-26-44(46)48(36-52(54)60-50-30-17-31-51(61-53)56(50)57)58(40-20-7-2-8-21-40)41-22-9-3-10-23-41/h1-37,45,47H. The summed E-state index contributed by atoms with van der Waals surface area (Å²) in [7, 11) is 0. The summed E-state index contributed by atoms with van der Waals surface area (Å²) in [6.07, 6.45) is 11.5. The Kier molecular flexibility index (Phi) is 8.37. The third kappa shape index (κ3) is 5.84. The van der Waals surface area contributed by atoms with Crippen LogP contribution in [-0.4, -0.2) is 6.71 Å². The molecule has 4 nitrogen and oxygen atoms in total. The first-order chi connectivity index (χ1) is 30.3. The van der Waals surface area contributed by atoms with Gasteiger partial charge in [-0.2, -0.15) is 0 Å². The molecule has 2 atom stereocenters. The van der Waals surface area contributed by atoms with Gasteiger partial charge in [0, 0.05) is 63.3 Å². The summed E-state index contributed by atoms with van der Waals surface area (Å²) in [5.41, 5.74) is 12.5. The van der Waals surface area contributed by atoms with Gasteiger partial charge in [0.25, 0.3) is 6.71 Å². The van der Waals surface area contributed by atoms with Crippen molar-refractivity contribution in [2.45, 2.75) is 0 Å². The fourth-order valence-electron chi connectivity index (χ4n) is 9.94. The molecule has 0 bridgehead atoms. The van der Waals surface area contributed by atoms with E-state index in [9.17, 15) is 0 Å².